The lowest BCUT2D eigenvalue weighted by Gasteiger charge is -2.13. The number of hydrogen-bond acceptors (Lipinski definition) is 5. The highest BCUT2D eigenvalue weighted by Gasteiger charge is 2.19. The fourth-order valence-electron chi connectivity index (χ4n) is 1.55. The molecule has 0 saturated carbocycles. The third-order valence-corrected chi connectivity index (χ3v) is 2.60. The van der Waals surface area contributed by atoms with E-state index in [1.54, 1.807) is 25.1 Å². The van der Waals surface area contributed by atoms with Crippen molar-refractivity contribution in [1.82, 2.24) is 10.6 Å². The highest BCUT2D eigenvalue weighted by Crippen LogP contribution is 2.12. The monoisotopic (exact) mass is 308 g/mol. The molecule has 1 aromatic carbocycles. The minimum Gasteiger partial charge on any atom is -0.482 e. The van der Waals surface area contributed by atoms with Crippen LogP contribution in [-0.2, 0) is 14.3 Å². The van der Waals surface area contributed by atoms with E-state index in [4.69, 9.17) is 9.47 Å². The number of carbonyl (C=O) groups is 3. The molecule has 0 bridgehead atoms. The van der Waals surface area contributed by atoms with E-state index in [0.717, 1.165) is 5.56 Å². The molecule has 0 spiro atoms. The van der Waals surface area contributed by atoms with Crippen molar-refractivity contribution in [1.29, 1.82) is 0 Å². The Bertz CT molecular complexity index is 544. The van der Waals surface area contributed by atoms with Gasteiger partial charge in [0.1, 0.15) is 5.75 Å². The molecule has 0 aliphatic rings. The first-order valence-corrected chi connectivity index (χ1v) is 6.90. The molecule has 0 heterocycles. The molecule has 0 saturated heterocycles. The van der Waals surface area contributed by atoms with Crippen molar-refractivity contribution >= 4 is 17.9 Å². The van der Waals surface area contributed by atoms with E-state index < -0.39 is 24.0 Å². The van der Waals surface area contributed by atoms with Crippen LogP contribution in [0.5, 0.6) is 5.75 Å². The van der Waals surface area contributed by atoms with Crippen molar-refractivity contribution in [2.45, 2.75) is 26.9 Å². The number of ether oxygens (including phenoxy) is 2. The fraction of sp³-hybridized carbons (Fsp3) is 0.400. The van der Waals surface area contributed by atoms with Gasteiger partial charge in [0, 0.05) is 6.54 Å². The van der Waals surface area contributed by atoms with E-state index in [2.05, 4.69) is 10.6 Å². The number of aryl methyl sites for hydroxylation is 1. The molecule has 120 valence electrons. The molecule has 0 aromatic heterocycles. The molecular weight excluding hydrogens is 288 g/mol. The summed E-state index contributed by atoms with van der Waals surface area (Å²) in [4.78, 5) is 34.4. The van der Waals surface area contributed by atoms with Crippen LogP contribution in [0.3, 0.4) is 0 Å². The van der Waals surface area contributed by atoms with E-state index in [9.17, 15) is 14.4 Å². The first-order valence-electron chi connectivity index (χ1n) is 6.90. The smallest absolute Gasteiger partial charge is 0.344 e. The number of imide groups is 1. The molecule has 22 heavy (non-hydrogen) atoms. The standard InChI is InChI=1S/C15H20N2O5/c1-4-16-15(20)17-14(19)11(3)22-13(18)9-21-12-7-5-6-10(2)8-12/h5-8,11H,4,9H2,1-3H3,(H2,16,17,19,20)/t11-/m0/s1. The second kappa shape index (κ2) is 8.66. The number of benzene rings is 1. The summed E-state index contributed by atoms with van der Waals surface area (Å²) in [5.41, 5.74) is 1.00. The topological polar surface area (TPSA) is 93.7 Å². The van der Waals surface area contributed by atoms with Crippen LogP contribution in [0.15, 0.2) is 24.3 Å². The Kier molecular flexibility index (Phi) is 6.88. The molecule has 0 fully saturated rings. The zero-order valence-electron chi connectivity index (χ0n) is 12.8. The van der Waals surface area contributed by atoms with Gasteiger partial charge in [-0.25, -0.2) is 9.59 Å². The second-order valence-corrected chi connectivity index (χ2v) is 4.59. The third-order valence-electron chi connectivity index (χ3n) is 2.60. The molecule has 2 N–H and O–H groups in total. The average Bonchev–Trinajstić information content (AvgIpc) is 2.45. The van der Waals surface area contributed by atoms with Crippen molar-refractivity contribution in [2.75, 3.05) is 13.2 Å². The van der Waals surface area contributed by atoms with Crippen molar-refractivity contribution < 1.29 is 23.9 Å². The van der Waals surface area contributed by atoms with Gasteiger partial charge in [0.25, 0.3) is 5.91 Å². The molecular formula is C15H20N2O5. The molecule has 0 aliphatic carbocycles. The Morgan fingerprint density at radius 1 is 1.27 bits per heavy atom. The highest BCUT2D eigenvalue weighted by molar-refractivity contribution is 5.97. The summed E-state index contributed by atoms with van der Waals surface area (Å²) >= 11 is 0. The summed E-state index contributed by atoms with van der Waals surface area (Å²) in [6, 6.07) is 6.56. The maximum atomic E-state index is 11.6. The number of rotatable bonds is 6. The van der Waals surface area contributed by atoms with Crippen LogP contribution in [-0.4, -0.2) is 37.2 Å². The molecule has 0 unspecified atom stereocenters. The van der Waals surface area contributed by atoms with Gasteiger partial charge in [0.2, 0.25) is 0 Å². The van der Waals surface area contributed by atoms with Crippen molar-refractivity contribution in [2.24, 2.45) is 0 Å². The van der Waals surface area contributed by atoms with Gasteiger partial charge >= 0.3 is 12.0 Å². The third kappa shape index (κ3) is 6.25. The Morgan fingerprint density at radius 3 is 2.64 bits per heavy atom. The van der Waals surface area contributed by atoms with Crippen molar-refractivity contribution in [3.05, 3.63) is 29.8 Å². The van der Waals surface area contributed by atoms with Gasteiger partial charge in [-0.3, -0.25) is 10.1 Å². The molecule has 1 aromatic rings. The van der Waals surface area contributed by atoms with E-state index in [1.807, 2.05) is 13.0 Å². The molecule has 7 nitrogen and oxygen atoms in total. The summed E-state index contributed by atoms with van der Waals surface area (Å²) in [5.74, 6) is -0.855. The van der Waals surface area contributed by atoms with Crippen LogP contribution in [0.25, 0.3) is 0 Å². The van der Waals surface area contributed by atoms with Gasteiger partial charge in [0.15, 0.2) is 12.7 Å². The summed E-state index contributed by atoms with van der Waals surface area (Å²) in [6.07, 6.45) is -1.09. The number of amides is 3. The highest BCUT2D eigenvalue weighted by atomic mass is 16.6. The summed E-state index contributed by atoms with van der Waals surface area (Å²) < 4.78 is 10.2. The van der Waals surface area contributed by atoms with Gasteiger partial charge in [-0.1, -0.05) is 12.1 Å². The predicted octanol–water partition coefficient (Wildman–Crippen LogP) is 1.15. The molecule has 1 atom stereocenters. The van der Waals surface area contributed by atoms with Crippen LogP contribution in [0.2, 0.25) is 0 Å². The van der Waals surface area contributed by atoms with Crippen LogP contribution in [0.1, 0.15) is 19.4 Å². The van der Waals surface area contributed by atoms with E-state index in [-0.39, 0.29) is 6.61 Å². The first kappa shape index (κ1) is 17.5. The minimum atomic E-state index is -1.09. The lowest BCUT2D eigenvalue weighted by Crippen LogP contribution is -2.44. The lowest BCUT2D eigenvalue weighted by atomic mass is 10.2. The number of carbonyl (C=O) groups excluding carboxylic acids is 3. The SMILES string of the molecule is CCNC(=O)NC(=O)[C@H](C)OC(=O)COc1cccc(C)c1. The molecule has 3 amide bonds. The Hall–Kier alpha value is -2.57. The lowest BCUT2D eigenvalue weighted by molar-refractivity contribution is -0.156. The van der Waals surface area contributed by atoms with Crippen LogP contribution >= 0.6 is 0 Å². The van der Waals surface area contributed by atoms with Crippen molar-refractivity contribution in [3.63, 3.8) is 0 Å². The molecule has 1 rings (SSSR count). The zero-order chi connectivity index (χ0) is 16.5. The molecule has 0 aliphatic heterocycles. The zero-order valence-corrected chi connectivity index (χ0v) is 12.8. The number of hydrogen-bond donors (Lipinski definition) is 2. The van der Waals surface area contributed by atoms with Gasteiger partial charge in [-0.2, -0.15) is 0 Å². The first-order chi connectivity index (χ1) is 10.4. The van der Waals surface area contributed by atoms with Crippen LogP contribution in [0, 0.1) is 6.92 Å². The minimum absolute atomic E-state index is 0.317. The Morgan fingerprint density at radius 2 is 2.00 bits per heavy atom. The van der Waals surface area contributed by atoms with Crippen LogP contribution in [0.4, 0.5) is 4.79 Å². The van der Waals surface area contributed by atoms with Gasteiger partial charge in [0.05, 0.1) is 0 Å². The van der Waals surface area contributed by atoms with Gasteiger partial charge in [-0.15, -0.1) is 0 Å². The Labute approximate surface area is 129 Å². The normalized spacial score (nSPS) is 11.2. The number of esters is 1. The summed E-state index contributed by atoms with van der Waals surface area (Å²) in [6.45, 7) is 5.06. The maximum absolute atomic E-state index is 11.6. The summed E-state index contributed by atoms with van der Waals surface area (Å²) in [7, 11) is 0. The largest absolute Gasteiger partial charge is 0.482 e. The second-order valence-electron chi connectivity index (χ2n) is 4.59. The van der Waals surface area contributed by atoms with Gasteiger partial charge < -0.3 is 14.8 Å². The van der Waals surface area contributed by atoms with E-state index in [0.29, 0.717) is 12.3 Å². The molecule has 0 radical (unpaired) electrons. The van der Waals surface area contributed by atoms with Crippen molar-refractivity contribution in [3.8, 4) is 5.75 Å². The maximum Gasteiger partial charge on any atom is 0.344 e. The van der Waals surface area contributed by atoms with E-state index >= 15 is 0 Å². The average molecular weight is 308 g/mol. The summed E-state index contributed by atoms with van der Waals surface area (Å²) in [5, 5.41) is 4.46. The van der Waals surface area contributed by atoms with E-state index in [1.165, 1.54) is 6.92 Å². The Balaban J connectivity index is 2.37. The fourth-order valence-corrected chi connectivity index (χ4v) is 1.55. The number of nitrogens with one attached hydrogen (secondary N) is 2. The van der Waals surface area contributed by atoms with Crippen LogP contribution < -0.4 is 15.4 Å². The molecule has 7 heteroatoms. The quantitative estimate of drug-likeness (QED) is 0.769. The predicted molar refractivity (Wildman–Crippen MR) is 79.4 cm³/mol. The number of urea groups is 1. The van der Waals surface area contributed by atoms with Gasteiger partial charge in [-0.05, 0) is 38.5 Å².